The lowest BCUT2D eigenvalue weighted by atomic mass is 10.2. The first-order valence-electron chi connectivity index (χ1n) is 6.94. The lowest BCUT2D eigenvalue weighted by molar-refractivity contribution is 0.251. The van der Waals surface area contributed by atoms with Crippen LogP contribution in [0.3, 0.4) is 0 Å². The van der Waals surface area contributed by atoms with E-state index in [-0.39, 0.29) is 6.03 Å². The topological polar surface area (TPSA) is 56.4 Å². The van der Waals surface area contributed by atoms with Crippen LogP contribution in [-0.4, -0.2) is 38.3 Å². The first-order chi connectivity index (χ1) is 9.31. The molecule has 1 aromatic carbocycles. The number of carbonyl (C=O) groups is 1. The fourth-order valence-corrected chi connectivity index (χ4v) is 2.26. The number of carbonyl (C=O) groups excluding carboxylic acids is 1. The molecule has 1 aromatic rings. The molecule has 0 radical (unpaired) electrons. The van der Waals surface area contributed by atoms with E-state index in [0.29, 0.717) is 6.04 Å². The van der Waals surface area contributed by atoms with Crippen LogP contribution in [0.5, 0.6) is 0 Å². The van der Waals surface area contributed by atoms with Gasteiger partial charge in [0.05, 0.1) is 0 Å². The smallest absolute Gasteiger partial charge is 0.319 e. The van der Waals surface area contributed by atoms with Gasteiger partial charge in [0.15, 0.2) is 0 Å². The molecule has 2 aliphatic rings. The Kier molecular flexibility index (Phi) is 3.55. The Morgan fingerprint density at radius 3 is 2.47 bits per heavy atom. The lowest BCUT2D eigenvalue weighted by Gasteiger charge is -2.29. The number of rotatable bonds is 3. The number of nitrogens with zero attached hydrogens (tertiary/aromatic N) is 1. The van der Waals surface area contributed by atoms with E-state index in [1.807, 2.05) is 12.1 Å². The molecule has 2 fully saturated rings. The molecule has 0 spiro atoms. The molecule has 3 rings (SSSR count). The average Bonchev–Trinajstić information content (AvgIpc) is 3.24. The normalized spacial score (nSPS) is 19.1. The van der Waals surface area contributed by atoms with E-state index in [9.17, 15) is 4.79 Å². The van der Waals surface area contributed by atoms with E-state index in [0.717, 1.165) is 44.7 Å². The number of nitrogens with one attached hydrogen (secondary N) is 3. The zero-order valence-electron chi connectivity index (χ0n) is 11.0. The van der Waals surface area contributed by atoms with Gasteiger partial charge < -0.3 is 20.9 Å². The molecule has 3 N–H and O–H groups in total. The van der Waals surface area contributed by atoms with Gasteiger partial charge >= 0.3 is 6.03 Å². The van der Waals surface area contributed by atoms with Crippen LogP contribution in [0.1, 0.15) is 12.8 Å². The maximum Gasteiger partial charge on any atom is 0.319 e. The van der Waals surface area contributed by atoms with Crippen molar-refractivity contribution in [2.75, 3.05) is 36.4 Å². The molecule has 1 aliphatic carbocycles. The fraction of sp³-hybridized carbons (Fsp3) is 0.500. The van der Waals surface area contributed by atoms with Gasteiger partial charge in [-0.3, -0.25) is 0 Å². The van der Waals surface area contributed by atoms with Gasteiger partial charge in [-0.15, -0.1) is 0 Å². The van der Waals surface area contributed by atoms with Crippen molar-refractivity contribution in [3.63, 3.8) is 0 Å². The standard InChI is InChI=1S/C14H20N4O/c19-14(16-11-1-2-11)17-12-3-5-13(6-4-12)18-9-7-15-8-10-18/h3-6,11,15H,1-2,7-10H2,(H2,16,17,19). The second-order valence-electron chi connectivity index (χ2n) is 5.16. The second-order valence-corrected chi connectivity index (χ2v) is 5.16. The van der Waals surface area contributed by atoms with Crippen molar-refractivity contribution in [1.82, 2.24) is 10.6 Å². The van der Waals surface area contributed by atoms with Crippen molar-refractivity contribution >= 4 is 17.4 Å². The molecule has 102 valence electrons. The molecule has 5 nitrogen and oxygen atoms in total. The fourth-order valence-electron chi connectivity index (χ4n) is 2.26. The van der Waals surface area contributed by atoms with Crippen molar-refractivity contribution in [2.24, 2.45) is 0 Å². The SMILES string of the molecule is O=C(Nc1ccc(N2CCNCC2)cc1)NC1CC1. The maximum atomic E-state index is 11.6. The number of piperazine rings is 1. The monoisotopic (exact) mass is 260 g/mol. The molecule has 19 heavy (non-hydrogen) atoms. The van der Waals surface area contributed by atoms with Crippen LogP contribution in [-0.2, 0) is 0 Å². The number of benzene rings is 1. The van der Waals surface area contributed by atoms with Crippen LogP contribution in [0.4, 0.5) is 16.2 Å². The van der Waals surface area contributed by atoms with Gasteiger partial charge in [-0.1, -0.05) is 0 Å². The van der Waals surface area contributed by atoms with Gasteiger partial charge in [-0.25, -0.2) is 4.79 Å². The summed E-state index contributed by atoms with van der Waals surface area (Å²) in [4.78, 5) is 14.0. The van der Waals surface area contributed by atoms with Crippen molar-refractivity contribution in [3.05, 3.63) is 24.3 Å². The molecule has 2 amide bonds. The average molecular weight is 260 g/mol. The molecule has 1 aliphatic heterocycles. The molecule has 5 heteroatoms. The van der Waals surface area contributed by atoms with Crippen molar-refractivity contribution in [2.45, 2.75) is 18.9 Å². The number of hydrogen-bond donors (Lipinski definition) is 3. The Balaban J connectivity index is 1.56. The second kappa shape index (κ2) is 5.48. The van der Waals surface area contributed by atoms with E-state index < -0.39 is 0 Å². The largest absolute Gasteiger partial charge is 0.369 e. The predicted octanol–water partition coefficient (Wildman–Crippen LogP) is 1.38. The number of anilines is 2. The number of hydrogen-bond acceptors (Lipinski definition) is 3. The summed E-state index contributed by atoms with van der Waals surface area (Å²) >= 11 is 0. The maximum absolute atomic E-state index is 11.6. The Hall–Kier alpha value is -1.75. The predicted molar refractivity (Wildman–Crippen MR) is 76.7 cm³/mol. The third kappa shape index (κ3) is 3.38. The summed E-state index contributed by atoms with van der Waals surface area (Å²) in [6, 6.07) is 8.35. The number of urea groups is 1. The van der Waals surface area contributed by atoms with Crippen LogP contribution in [0.15, 0.2) is 24.3 Å². The van der Waals surface area contributed by atoms with Crippen LogP contribution in [0.2, 0.25) is 0 Å². The summed E-state index contributed by atoms with van der Waals surface area (Å²) in [5, 5.41) is 9.11. The highest BCUT2D eigenvalue weighted by atomic mass is 16.2. The molecule has 1 saturated heterocycles. The molecule has 0 bridgehead atoms. The van der Waals surface area contributed by atoms with Gasteiger partial charge in [0, 0.05) is 43.6 Å². The Bertz CT molecular complexity index is 435. The molecule has 1 heterocycles. The van der Waals surface area contributed by atoms with E-state index in [2.05, 4.69) is 33.0 Å². The summed E-state index contributed by atoms with van der Waals surface area (Å²) in [5.74, 6) is 0. The summed E-state index contributed by atoms with van der Waals surface area (Å²) in [7, 11) is 0. The molecular formula is C14H20N4O. The van der Waals surface area contributed by atoms with Gasteiger partial charge in [0.25, 0.3) is 0 Å². The van der Waals surface area contributed by atoms with E-state index in [1.54, 1.807) is 0 Å². The van der Waals surface area contributed by atoms with Crippen molar-refractivity contribution < 1.29 is 4.79 Å². The molecule has 0 atom stereocenters. The van der Waals surface area contributed by atoms with Crippen molar-refractivity contribution in [1.29, 1.82) is 0 Å². The molecule has 0 unspecified atom stereocenters. The quantitative estimate of drug-likeness (QED) is 0.769. The summed E-state index contributed by atoms with van der Waals surface area (Å²) in [5.41, 5.74) is 2.06. The summed E-state index contributed by atoms with van der Waals surface area (Å²) in [6.45, 7) is 4.14. The van der Waals surface area contributed by atoms with Crippen LogP contribution < -0.4 is 20.9 Å². The van der Waals surface area contributed by atoms with Gasteiger partial charge in [0.2, 0.25) is 0 Å². The lowest BCUT2D eigenvalue weighted by Crippen LogP contribution is -2.43. The first-order valence-corrected chi connectivity index (χ1v) is 6.94. The van der Waals surface area contributed by atoms with Crippen LogP contribution in [0.25, 0.3) is 0 Å². The van der Waals surface area contributed by atoms with Crippen molar-refractivity contribution in [3.8, 4) is 0 Å². The van der Waals surface area contributed by atoms with Gasteiger partial charge in [0.1, 0.15) is 0 Å². The summed E-state index contributed by atoms with van der Waals surface area (Å²) < 4.78 is 0. The van der Waals surface area contributed by atoms with Crippen LogP contribution in [0, 0.1) is 0 Å². The Morgan fingerprint density at radius 1 is 1.16 bits per heavy atom. The molecule has 1 saturated carbocycles. The Labute approximate surface area is 113 Å². The first kappa shape index (κ1) is 12.3. The number of amides is 2. The highest BCUT2D eigenvalue weighted by molar-refractivity contribution is 5.89. The highest BCUT2D eigenvalue weighted by Crippen LogP contribution is 2.20. The molecular weight excluding hydrogens is 240 g/mol. The van der Waals surface area contributed by atoms with E-state index in [4.69, 9.17) is 0 Å². The Morgan fingerprint density at radius 2 is 1.84 bits per heavy atom. The van der Waals surface area contributed by atoms with Gasteiger partial charge in [-0.2, -0.15) is 0 Å². The third-order valence-electron chi connectivity index (χ3n) is 3.52. The minimum Gasteiger partial charge on any atom is -0.369 e. The summed E-state index contributed by atoms with van der Waals surface area (Å²) in [6.07, 6.45) is 2.21. The van der Waals surface area contributed by atoms with Crippen LogP contribution >= 0.6 is 0 Å². The highest BCUT2D eigenvalue weighted by Gasteiger charge is 2.23. The van der Waals surface area contributed by atoms with E-state index >= 15 is 0 Å². The third-order valence-corrected chi connectivity index (χ3v) is 3.52. The van der Waals surface area contributed by atoms with E-state index in [1.165, 1.54) is 5.69 Å². The molecule has 0 aromatic heterocycles. The minimum atomic E-state index is -0.0996. The zero-order valence-corrected chi connectivity index (χ0v) is 11.0. The van der Waals surface area contributed by atoms with Gasteiger partial charge in [-0.05, 0) is 37.1 Å². The minimum absolute atomic E-state index is 0.0996. The zero-order chi connectivity index (χ0) is 13.1.